The van der Waals surface area contributed by atoms with E-state index in [4.69, 9.17) is 32.4 Å². The molecule has 3 aromatic carbocycles. The number of rotatable bonds is 7. The first-order valence-corrected chi connectivity index (χ1v) is 11.9. The van der Waals surface area contributed by atoms with Crippen molar-refractivity contribution in [3.8, 4) is 17.2 Å². The topological polar surface area (TPSA) is 64.4 Å². The van der Waals surface area contributed by atoms with Crippen LogP contribution in [0.1, 0.15) is 42.9 Å². The maximum absolute atomic E-state index is 12.5. The third kappa shape index (κ3) is 5.21. The van der Waals surface area contributed by atoms with Crippen LogP contribution in [0.25, 0.3) is 22.6 Å². The molecule has 1 atom stereocenters. The molecule has 1 aromatic heterocycles. The minimum absolute atomic E-state index is 0.164. The lowest BCUT2D eigenvalue weighted by atomic mass is 9.98. The van der Waals surface area contributed by atoms with Crippen molar-refractivity contribution in [3.63, 3.8) is 0 Å². The molecule has 0 unspecified atom stereocenters. The Balaban J connectivity index is 1.50. The summed E-state index contributed by atoms with van der Waals surface area (Å²) in [5, 5.41) is 3.90. The summed E-state index contributed by atoms with van der Waals surface area (Å²) in [6.07, 6.45) is 1.05. The van der Waals surface area contributed by atoms with Crippen LogP contribution in [-0.2, 0) is 4.79 Å². The predicted octanol–water partition coefficient (Wildman–Crippen LogP) is 7.95. The van der Waals surface area contributed by atoms with Crippen LogP contribution in [0.3, 0.4) is 0 Å². The number of amides is 1. The number of nitrogens with one attached hydrogen (secondary N) is 1. The summed E-state index contributed by atoms with van der Waals surface area (Å²) in [6.45, 7) is 7.97. The summed E-state index contributed by atoms with van der Waals surface area (Å²) >= 11 is 12.5. The monoisotopic (exact) mass is 496 g/mol. The van der Waals surface area contributed by atoms with Crippen molar-refractivity contribution in [2.24, 2.45) is 0 Å². The van der Waals surface area contributed by atoms with Gasteiger partial charge in [0.1, 0.15) is 11.3 Å². The maximum Gasteiger partial charge on any atom is 0.262 e. The fourth-order valence-corrected chi connectivity index (χ4v) is 3.96. The van der Waals surface area contributed by atoms with Gasteiger partial charge in [0.15, 0.2) is 12.2 Å². The van der Waals surface area contributed by atoms with Gasteiger partial charge in [0.2, 0.25) is 5.89 Å². The fourth-order valence-electron chi connectivity index (χ4n) is 3.69. The van der Waals surface area contributed by atoms with Gasteiger partial charge >= 0.3 is 0 Å². The molecule has 7 heteroatoms. The molecular formula is C27H26Cl2N2O3. The lowest BCUT2D eigenvalue weighted by molar-refractivity contribution is -0.118. The van der Waals surface area contributed by atoms with Gasteiger partial charge in [0.05, 0.1) is 10.7 Å². The molecular weight excluding hydrogens is 471 g/mol. The van der Waals surface area contributed by atoms with Gasteiger partial charge in [-0.25, -0.2) is 4.98 Å². The zero-order chi connectivity index (χ0) is 24.4. The van der Waals surface area contributed by atoms with Crippen LogP contribution >= 0.6 is 23.2 Å². The highest BCUT2D eigenvalue weighted by Crippen LogP contribution is 2.32. The SMILES string of the molecule is CC[C@H](C)c1ccc2oc(-c3ccc(Cl)c(NC(=O)COc4cc(C)c(Cl)c(C)c4)c3)nc2c1. The van der Waals surface area contributed by atoms with E-state index in [1.165, 1.54) is 5.56 Å². The molecule has 4 rings (SSSR count). The lowest BCUT2D eigenvalue weighted by Gasteiger charge is -2.11. The number of hydrogen-bond donors (Lipinski definition) is 1. The molecule has 0 radical (unpaired) electrons. The van der Waals surface area contributed by atoms with Gasteiger partial charge in [0, 0.05) is 10.6 Å². The number of anilines is 1. The van der Waals surface area contributed by atoms with Gasteiger partial charge in [-0.15, -0.1) is 0 Å². The molecule has 34 heavy (non-hydrogen) atoms. The Labute approximate surface area is 209 Å². The van der Waals surface area contributed by atoms with Gasteiger partial charge in [-0.1, -0.05) is 43.1 Å². The third-order valence-corrected chi connectivity index (χ3v) is 6.79. The van der Waals surface area contributed by atoms with E-state index in [1.54, 1.807) is 24.3 Å². The summed E-state index contributed by atoms with van der Waals surface area (Å²) in [7, 11) is 0. The number of fused-ring (bicyclic) bond motifs is 1. The van der Waals surface area contributed by atoms with E-state index in [2.05, 4.69) is 36.3 Å². The number of carbonyl (C=O) groups is 1. The number of halogens is 2. The van der Waals surface area contributed by atoms with Crippen LogP contribution in [-0.4, -0.2) is 17.5 Å². The molecule has 0 aliphatic rings. The average molecular weight is 497 g/mol. The number of hydrogen-bond acceptors (Lipinski definition) is 4. The Morgan fingerprint density at radius 2 is 1.82 bits per heavy atom. The van der Waals surface area contributed by atoms with Gasteiger partial charge in [0.25, 0.3) is 5.91 Å². The fraction of sp³-hybridized carbons (Fsp3) is 0.259. The minimum Gasteiger partial charge on any atom is -0.484 e. The average Bonchev–Trinajstić information content (AvgIpc) is 3.25. The van der Waals surface area contributed by atoms with E-state index >= 15 is 0 Å². The quantitative estimate of drug-likeness (QED) is 0.281. The summed E-state index contributed by atoms with van der Waals surface area (Å²) < 4.78 is 11.6. The van der Waals surface area contributed by atoms with Crippen LogP contribution in [0.4, 0.5) is 5.69 Å². The Morgan fingerprint density at radius 3 is 2.53 bits per heavy atom. The van der Waals surface area contributed by atoms with Gasteiger partial charge in [-0.3, -0.25) is 4.79 Å². The zero-order valence-electron chi connectivity index (χ0n) is 19.5. The molecule has 1 amide bonds. The number of oxazole rings is 1. The van der Waals surface area contributed by atoms with Crippen LogP contribution in [0, 0.1) is 13.8 Å². The van der Waals surface area contributed by atoms with E-state index in [9.17, 15) is 4.79 Å². The normalized spacial score (nSPS) is 12.1. The highest BCUT2D eigenvalue weighted by Gasteiger charge is 2.14. The van der Waals surface area contributed by atoms with Crippen LogP contribution in [0.5, 0.6) is 5.75 Å². The maximum atomic E-state index is 12.5. The lowest BCUT2D eigenvalue weighted by Crippen LogP contribution is -2.20. The molecule has 4 aromatic rings. The van der Waals surface area contributed by atoms with Crippen molar-refractivity contribution in [2.45, 2.75) is 40.0 Å². The molecule has 0 bridgehead atoms. The molecule has 176 valence electrons. The number of ether oxygens (including phenoxy) is 1. The van der Waals surface area contributed by atoms with Gasteiger partial charge in [-0.05, 0) is 85.3 Å². The van der Waals surface area contributed by atoms with Crippen molar-refractivity contribution in [3.05, 3.63) is 75.3 Å². The van der Waals surface area contributed by atoms with E-state index in [0.717, 1.165) is 23.1 Å². The van der Waals surface area contributed by atoms with E-state index < -0.39 is 0 Å². The molecule has 0 aliphatic carbocycles. The molecule has 0 saturated carbocycles. The Kier molecular flexibility index (Phi) is 7.15. The molecule has 0 fully saturated rings. The van der Waals surface area contributed by atoms with E-state index in [1.807, 2.05) is 26.0 Å². The van der Waals surface area contributed by atoms with Crippen molar-refractivity contribution < 1.29 is 13.9 Å². The molecule has 5 nitrogen and oxygen atoms in total. The third-order valence-electron chi connectivity index (χ3n) is 5.86. The molecule has 0 aliphatic heterocycles. The predicted molar refractivity (Wildman–Crippen MR) is 138 cm³/mol. The zero-order valence-corrected chi connectivity index (χ0v) is 21.1. The molecule has 1 N–H and O–H groups in total. The number of nitrogens with zero attached hydrogens (tertiary/aromatic N) is 1. The highest BCUT2D eigenvalue weighted by molar-refractivity contribution is 6.34. The van der Waals surface area contributed by atoms with Crippen LogP contribution in [0.2, 0.25) is 10.0 Å². The second-order valence-electron chi connectivity index (χ2n) is 8.46. The number of benzene rings is 3. The van der Waals surface area contributed by atoms with E-state index in [0.29, 0.717) is 44.4 Å². The standard InChI is InChI=1S/C27H26Cl2N2O3/c1-5-15(2)18-7-9-24-23(12-18)31-27(34-24)19-6-8-21(28)22(13-19)30-25(32)14-33-20-10-16(3)26(29)17(4)11-20/h6-13,15H,5,14H2,1-4H3,(H,30,32)/t15-/m0/s1. The first-order valence-electron chi connectivity index (χ1n) is 11.1. The highest BCUT2D eigenvalue weighted by atomic mass is 35.5. The summed E-state index contributed by atoms with van der Waals surface area (Å²) in [6, 6.07) is 15.0. The van der Waals surface area contributed by atoms with Crippen molar-refractivity contribution >= 4 is 45.9 Å². The first-order chi connectivity index (χ1) is 16.2. The number of aryl methyl sites for hydroxylation is 2. The van der Waals surface area contributed by atoms with Gasteiger partial charge in [-0.2, -0.15) is 0 Å². The second kappa shape index (κ2) is 10.1. The Hall–Kier alpha value is -3.02. The smallest absolute Gasteiger partial charge is 0.262 e. The first kappa shape index (κ1) is 24.1. The molecule has 0 saturated heterocycles. The number of aromatic nitrogens is 1. The second-order valence-corrected chi connectivity index (χ2v) is 9.24. The van der Waals surface area contributed by atoms with Crippen molar-refractivity contribution in [2.75, 3.05) is 11.9 Å². The largest absolute Gasteiger partial charge is 0.484 e. The summed E-state index contributed by atoms with van der Waals surface area (Å²) in [4.78, 5) is 17.2. The minimum atomic E-state index is -0.333. The van der Waals surface area contributed by atoms with Crippen LogP contribution in [0.15, 0.2) is 52.9 Å². The molecule has 1 heterocycles. The summed E-state index contributed by atoms with van der Waals surface area (Å²) in [5.74, 6) is 1.16. The molecule has 0 spiro atoms. The van der Waals surface area contributed by atoms with Crippen molar-refractivity contribution in [1.29, 1.82) is 0 Å². The van der Waals surface area contributed by atoms with Crippen molar-refractivity contribution in [1.82, 2.24) is 4.98 Å². The van der Waals surface area contributed by atoms with Gasteiger partial charge < -0.3 is 14.5 Å². The van der Waals surface area contributed by atoms with E-state index in [-0.39, 0.29) is 12.5 Å². The number of carbonyl (C=O) groups excluding carboxylic acids is 1. The van der Waals surface area contributed by atoms with Crippen LogP contribution < -0.4 is 10.1 Å². The Morgan fingerprint density at radius 1 is 1.09 bits per heavy atom. The summed E-state index contributed by atoms with van der Waals surface area (Å²) in [5.41, 5.74) is 5.69. The Bertz CT molecular complexity index is 1340.